The van der Waals surface area contributed by atoms with Gasteiger partial charge in [0.05, 0.1) is 11.1 Å². The lowest BCUT2D eigenvalue weighted by atomic mass is 10.1. The van der Waals surface area contributed by atoms with E-state index in [4.69, 9.17) is 0 Å². The summed E-state index contributed by atoms with van der Waals surface area (Å²) in [4.78, 5) is 16.3. The van der Waals surface area contributed by atoms with Gasteiger partial charge in [-0.25, -0.2) is 0 Å². The summed E-state index contributed by atoms with van der Waals surface area (Å²) in [5.74, 6) is -0.0598. The van der Waals surface area contributed by atoms with Crippen molar-refractivity contribution in [1.29, 1.82) is 0 Å². The number of nitrogens with one attached hydrogen (secondary N) is 2. The van der Waals surface area contributed by atoms with E-state index in [1.54, 1.807) is 6.20 Å². The number of pyridine rings is 1. The predicted molar refractivity (Wildman–Crippen MR) is 72.6 cm³/mol. The number of para-hydroxylation sites is 1. The molecule has 2 N–H and O–H groups in total. The van der Waals surface area contributed by atoms with E-state index in [9.17, 15) is 4.79 Å². The standard InChI is InChI=1S/C14H17N3O/c1-15-8-4-10-17-14(18)12-7-2-5-11-6-3-9-16-13(11)12/h2-3,5-7,9,15H,4,8,10H2,1H3,(H,17,18). The topological polar surface area (TPSA) is 54.0 Å². The van der Waals surface area contributed by atoms with Gasteiger partial charge in [-0.2, -0.15) is 0 Å². The van der Waals surface area contributed by atoms with Gasteiger partial charge in [-0.1, -0.05) is 18.2 Å². The first-order valence-electron chi connectivity index (χ1n) is 6.09. The van der Waals surface area contributed by atoms with Crippen LogP contribution in [0.3, 0.4) is 0 Å². The van der Waals surface area contributed by atoms with E-state index >= 15 is 0 Å². The third-order valence-electron chi connectivity index (χ3n) is 2.77. The molecule has 4 heteroatoms. The van der Waals surface area contributed by atoms with Crippen molar-refractivity contribution in [3.05, 3.63) is 42.1 Å². The lowest BCUT2D eigenvalue weighted by molar-refractivity contribution is 0.0955. The van der Waals surface area contributed by atoms with Crippen LogP contribution in [-0.4, -0.2) is 31.0 Å². The van der Waals surface area contributed by atoms with E-state index in [2.05, 4.69) is 15.6 Å². The Kier molecular flexibility index (Phi) is 4.25. The Balaban J connectivity index is 2.13. The minimum Gasteiger partial charge on any atom is -0.352 e. The van der Waals surface area contributed by atoms with Crippen molar-refractivity contribution in [2.75, 3.05) is 20.1 Å². The maximum absolute atomic E-state index is 12.1. The largest absolute Gasteiger partial charge is 0.352 e. The molecule has 0 aliphatic carbocycles. The molecule has 2 aromatic rings. The lowest BCUT2D eigenvalue weighted by Crippen LogP contribution is -2.26. The zero-order valence-corrected chi connectivity index (χ0v) is 10.4. The van der Waals surface area contributed by atoms with Gasteiger partial charge in [0, 0.05) is 18.1 Å². The van der Waals surface area contributed by atoms with E-state index in [0.29, 0.717) is 12.1 Å². The molecule has 94 valence electrons. The van der Waals surface area contributed by atoms with Crippen LogP contribution >= 0.6 is 0 Å². The zero-order valence-electron chi connectivity index (χ0n) is 10.4. The van der Waals surface area contributed by atoms with E-state index < -0.39 is 0 Å². The Morgan fingerprint density at radius 3 is 2.89 bits per heavy atom. The number of amides is 1. The molecule has 4 nitrogen and oxygen atoms in total. The minimum absolute atomic E-state index is 0.0598. The smallest absolute Gasteiger partial charge is 0.253 e. The monoisotopic (exact) mass is 243 g/mol. The maximum Gasteiger partial charge on any atom is 0.253 e. The van der Waals surface area contributed by atoms with Crippen LogP contribution < -0.4 is 10.6 Å². The van der Waals surface area contributed by atoms with Gasteiger partial charge in [0.1, 0.15) is 0 Å². The second-order valence-electron chi connectivity index (χ2n) is 4.09. The van der Waals surface area contributed by atoms with Crippen LogP contribution in [0.1, 0.15) is 16.8 Å². The molecule has 0 unspecified atom stereocenters. The molecule has 0 fully saturated rings. The number of fused-ring (bicyclic) bond motifs is 1. The van der Waals surface area contributed by atoms with Crippen LogP contribution in [0.4, 0.5) is 0 Å². The Labute approximate surface area is 106 Å². The fourth-order valence-corrected chi connectivity index (χ4v) is 1.85. The van der Waals surface area contributed by atoms with Gasteiger partial charge in [0.15, 0.2) is 0 Å². The Bertz CT molecular complexity index is 534. The molecular weight excluding hydrogens is 226 g/mol. The van der Waals surface area contributed by atoms with E-state index in [0.717, 1.165) is 23.9 Å². The summed E-state index contributed by atoms with van der Waals surface area (Å²) in [6, 6.07) is 9.48. The highest BCUT2D eigenvalue weighted by atomic mass is 16.1. The molecule has 0 bridgehead atoms. The summed E-state index contributed by atoms with van der Waals surface area (Å²) in [6.45, 7) is 1.57. The maximum atomic E-state index is 12.1. The number of hydrogen-bond acceptors (Lipinski definition) is 3. The first-order valence-corrected chi connectivity index (χ1v) is 6.09. The average molecular weight is 243 g/mol. The molecule has 0 atom stereocenters. The SMILES string of the molecule is CNCCCNC(=O)c1cccc2cccnc12. The lowest BCUT2D eigenvalue weighted by Gasteiger charge is -2.07. The van der Waals surface area contributed by atoms with Gasteiger partial charge < -0.3 is 10.6 Å². The number of carbonyl (C=O) groups excluding carboxylic acids is 1. The summed E-state index contributed by atoms with van der Waals surface area (Å²) < 4.78 is 0. The highest BCUT2D eigenvalue weighted by Gasteiger charge is 2.09. The van der Waals surface area contributed by atoms with Gasteiger partial charge in [0.2, 0.25) is 0 Å². The normalized spacial score (nSPS) is 10.5. The molecule has 0 spiro atoms. The highest BCUT2D eigenvalue weighted by molar-refractivity contribution is 6.05. The third kappa shape index (κ3) is 2.84. The summed E-state index contributed by atoms with van der Waals surface area (Å²) in [5.41, 5.74) is 1.39. The zero-order chi connectivity index (χ0) is 12.8. The average Bonchev–Trinajstić information content (AvgIpc) is 2.43. The Hall–Kier alpha value is -1.94. The Morgan fingerprint density at radius 1 is 1.22 bits per heavy atom. The third-order valence-corrected chi connectivity index (χ3v) is 2.77. The first-order chi connectivity index (χ1) is 8.83. The van der Waals surface area contributed by atoms with Crippen molar-refractivity contribution < 1.29 is 4.79 Å². The van der Waals surface area contributed by atoms with Crippen molar-refractivity contribution in [3.63, 3.8) is 0 Å². The quantitative estimate of drug-likeness (QED) is 0.784. The Morgan fingerprint density at radius 2 is 2.06 bits per heavy atom. The molecule has 0 aliphatic heterocycles. The van der Waals surface area contributed by atoms with Gasteiger partial charge >= 0.3 is 0 Å². The van der Waals surface area contributed by atoms with Crippen molar-refractivity contribution in [1.82, 2.24) is 15.6 Å². The molecule has 0 saturated heterocycles. The number of carbonyl (C=O) groups is 1. The first kappa shape index (κ1) is 12.5. The molecule has 1 aromatic carbocycles. The molecule has 0 saturated carbocycles. The summed E-state index contributed by atoms with van der Waals surface area (Å²) >= 11 is 0. The van der Waals surface area contributed by atoms with E-state index in [1.165, 1.54) is 0 Å². The van der Waals surface area contributed by atoms with Crippen molar-refractivity contribution >= 4 is 16.8 Å². The molecule has 2 rings (SSSR count). The van der Waals surface area contributed by atoms with Gasteiger partial charge in [-0.15, -0.1) is 0 Å². The van der Waals surface area contributed by atoms with Crippen molar-refractivity contribution in [2.24, 2.45) is 0 Å². The van der Waals surface area contributed by atoms with Crippen molar-refractivity contribution in [3.8, 4) is 0 Å². The summed E-state index contributed by atoms with van der Waals surface area (Å²) in [5, 5.41) is 6.94. The molecule has 1 amide bonds. The summed E-state index contributed by atoms with van der Waals surface area (Å²) in [6.07, 6.45) is 2.63. The second kappa shape index (κ2) is 6.12. The fraction of sp³-hybridized carbons (Fsp3) is 0.286. The van der Waals surface area contributed by atoms with Crippen LogP contribution in [0.15, 0.2) is 36.5 Å². The summed E-state index contributed by atoms with van der Waals surface area (Å²) in [7, 11) is 1.90. The molecule has 1 heterocycles. The number of rotatable bonds is 5. The molecule has 1 aromatic heterocycles. The van der Waals surface area contributed by atoms with Gasteiger partial charge in [-0.3, -0.25) is 9.78 Å². The molecule has 0 aliphatic rings. The second-order valence-corrected chi connectivity index (χ2v) is 4.09. The molecule has 0 radical (unpaired) electrons. The van der Waals surface area contributed by atoms with Crippen LogP contribution in [0.2, 0.25) is 0 Å². The molecular formula is C14H17N3O. The van der Waals surface area contributed by atoms with Gasteiger partial charge in [0.25, 0.3) is 5.91 Å². The highest BCUT2D eigenvalue weighted by Crippen LogP contribution is 2.15. The number of nitrogens with zero attached hydrogens (tertiary/aromatic N) is 1. The van der Waals surface area contributed by atoms with Crippen molar-refractivity contribution in [2.45, 2.75) is 6.42 Å². The minimum atomic E-state index is -0.0598. The van der Waals surface area contributed by atoms with E-state index in [-0.39, 0.29) is 5.91 Å². The predicted octanol–water partition coefficient (Wildman–Crippen LogP) is 1.57. The fourth-order valence-electron chi connectivity index (χ4n) is 1.85. The van der Waals surface area contributed by atoms with Gasteiger partial charge in [-0.05, 0) is 32.1 Å². The van der Waals surface area contributed by atoms with Crippen LogP contribution in [0, 0.1) is 0 Å². The number of hydrogen-bond donors (Lipinski definition) is 2. The van der Waals surface area contributed by atoms with E-state index in [1.807, 2.05) is 37.4 Å². The number of benzene rings is 1. The molecule has 18 heavy (non-hydrogen) atoms. The van der Waals surface area contributed by atoms with Crippen LogP contribution in [-0.2, 0) is 0 Å². The van der Waals surface area contributed by atoms with Crippen LogP contribution in [0.25, 0.3) is 10.9 Å². The number of aromatic nitrogens is 1. The van der Waals surface area contributed by atoms with Crippen LogP contribution in [0.5, 0.6) is 0 Å².